The van der Waals surface area contributed by atoms with Gasteiger partial charge < -0.3 is 4.74 Å². The van der Waals surface area contributed by atoms with Crippen LogP contribution in [0.3, 0.4) is 0 Å². The third-order valence-corrected chi connectivity index (χ3v) is 2.27. The number of allylic oxidation sites excluding steroid dienone is 1. The highest BCUT2D eigenvalue weighted by molar-refractivity contribution is 6.04. The number of unbranched alkanes of at least 4 members (excludes halogenated alkanes) is 1. The number of benzene rings is 1. The molecule has 0 spiro atoms. The van der Waals surface area contributed by atoms with Gasteiger partial charge in [0, 0.05) is 11.1 Å². The van der Waals surface area contributed by atoms with E-state index < -0.39 is 0 Å². The number of nitrogens with one attached hydrogen (secondary N) is 1. The van der Waals surface area contributed by atoms with Crippen molar-refractivity contribution in [2.75, 3.05) is 0 Å². The van der Waals surface area contributed by atoms with E-state index >= 15 is 0 Å². The lowest BCUT2D eigenvalue weighted by molar-refractivity contribution is 0.518. The second-order valence-electron chi connectivity index (χ2n) is 3.33. The smallest absolute Gasteiger partial charge is 0.219 e. The number of fused-ring (bicyclic) bond motifs is 1. The molecule has 1 aliphatic rings. The maximum Gasteiger partial charge on any atom is 0.219 e. The summed E-state index contributed by atoms with van der Waals surface area (Å²) in [6.45, 7) is 2.13. The first-order valence-corrected chi connectivity index (χ1v) is 4.89. The van der Waals surface area contributed by atoms with Crippen LogP contribution in [-0.2, 0) is 4.74 Å². The molecule has 0 aromatic heterocycles. The van der Waals surface area contributed by atoms with Crippen molar-refractivity contribution in [2.45, 2.75) is 19.8 Å². The quantitative estimate of drug-likeness (QED) is 0.757. The second kappa shape index (κ2) is 3.66. The Morgan fingerprint density at radius 3 is 2.71 bits per heavy atom. The molecule has 14 heavy (non-hydrogen) atoms. The Bertz CT molecular complexity index is 393. The van der Waals surface area contributed by atoms with Gasteiger partial charge in [0.25, 0.3) is 0 Å². The van der Waals surface area contributed by atoms with Gasteiger partial charge in [-0.05, 0) is 18.6 Å². The average molecular weight is 187 g/mol. The summed E-state index contributed by atoms with van der Waals surface area (Å²) in [4.78, 5) is 0. The third-order valence-electron chi connectivity index (χ3n) is 2.27. The molecule has 0 atom stereocenters. The molecule has 1 aromatic rings. The molecule has 0 unspecified atom stereocenters. The molecule has 0 saturated carbocycles. The molecule has 0 amide bonds. The number of rotatable bonds is 2. The first-order valence-electron chi connectivity index (χ1n) is 4.89. The Labute approximate surface area is 83.7 Å². The zero-order valence-electron chi connectivity index (χ0n) is 8.21. The van der Waals surface area contributed by atoms with Crippen LogP contribution >= 0.6 is 0 Å². The van der Waals surface area contributed by atoms with Gasteiger partial charge in [0.05, 0.1) is 0 Å². The predicted octanol–water partition coefficient (Wildman–Crippen LogP) is 3.18. The van der Waals surface area contributed by atoms with Gasteiger partial charge >= 0.3 is 0 Å². The first-order chi connectivity index (χ1) is 6.83. The molecule has 0 radical (unpaired) electrons. The number of ether oxygens (including phenoxy) is 1. The van der Waals surface area contributed by atoms with Crippen LogP contribution in [0.5, 0.6) is 0 Å². The monoisotopic (exact) mass is 187 g/mol. The van der Waals surface area contributed by atoms with Crippen LogP contribution in [-0.4, -0.2) is 5.90 Å². The Kier molecular flexibility index (Phi) is 2.35. The first kappa shape index (κ1) is 9.00. The number of hydrogen-bond donors (Lipinski definition) is 1. The van der Waals surface area contributed by atoms with Crippen molar-refractivity contribution in [3.63, 3.8) is 0 Å². The van der Waals surface area contributed by atoms with Gasteiger partial charge in [-0.1, -0.05) is 31.5 Å². The Balaban J connectivity index is 2.39. The Morgan fingerprint density at radius 2 is 2.00 bits per heavy atom. The SMILES string of the molecule is CCC/C=C1\OC(=N)c2ccccc21. The molecule has 2 heteroatoms. The number of hydrogen-bond acceptors (Lipinski definition) is 2. The standard InChI is InChI=1S/C12H13NO/c1-2-3-8-11-9-6-4-5-7-10(9)12(13)14-11/h4-8,13H,2-3H2,1H3/b11-8-,13-12?. The maximum absolute atomic E-state index is 7.63. The largest absolute Gasteiger partial charge is 0.439 e. The molecular weight excluding hydrogens is 174 g/mol. The van der Waals surface area contributed by atoms with Crippen LogP contribution in [0.15, 0.2) is 30.3 Å². The normalized spacial score (nSPS) is 16.9. The summed E-state index contributed by atoms with van der Waals surface area (Å²) in [5, 5.41) is 7.63. The van der Waals surface area contributed by atoms with Crippen molar-refractivity contribution in [3.8, 4) is 0 Å². The maximum atomic E-state index is 7.63. The van der Waals surface area contributed by atoms with Crippen LogP contribution in [0.2, 0.25) is 0 Å². The zero-order chi connectivity index (χ0) is 9.97. The Hall–Kier alpha value is -1.57. The van der Waals surface area contributed by atoms with Crippen LogP contribution in [0.25, 0.3) is 5.76 Å². The second-order valence-corrected chi connectivity index (χ2v) is 3.33. The summed E-state index contributed by atoms with van der Waals surface area (Å²) in [6.07, 6.45) is 4.15. The highest BCUT2D eigenvalue weighted by Crippen LogP contribution is 2.29. The minimum Gasteiger partial charge on any atom is -0.439 e. The van der Waals surface area contributed by atoms with E-state index in [0.29, 0.717) is 0 Å². The summed E-state index contributed by atoms with van der Waals surface area (Å²) >= 11 is 0. The van der Waals surface area contributed by atoms with E-state index in [-0.39, 0.29) is 5.90 Å². The van der Waals surface area contributed by atoms with E-state index in [1.54, 1.807) is 0 Å². The van der Waals surface area contributed by atoms with Gasteiger partial charge in [-0.25, -0.2) is 0 Å². The predicted molar refractivity (Wildman–Crippen MR) is 57.2 cm³/mol. The highest BCUT2D eigenvalue weighted by Gasteiger charge is 2.21. The Morgan fingerprint density at radius 1 is 1.29 bits per heavy atom. The molecule has 1 aliphatic heterocycles. The molecule has 1 aromatic carbocycles. The fourth-order valence-corrected chi connectivity index (χ4v) is 1.54. The van der Waals surface area contributed by atoms with Gasteiger partial charge in [-0.15, -0.1) is 0 Å². The van der Waals surface area contributed by atoms with Gasteiger partial charge in [0.2, 0.25) is 5.90 Å². The minimum atomic E-state index is 0.267. The van der Waals surface area contributed by atoms with E-state index in [0.717, 1.165) is 29.7 Å². The molecule has 0 fully saturated rings. The lowest BCUT2D eigenvalue weighted by Crippen LogP contribution is -1.92. The van der Waals surface area contributed by atoms with E-state index in [9.17, 15) is 0 Å². The molecule has 1 heterocycles. The fourth-order valence-electron chi connectivity index (χ4n) is 1.54. The van der Waals surface area contributed by atoms with Gasteiger partial charge in [0.15, 0.2) is 0 Å². The van der Waals surface area contributed by atoms with Crippen LogP contribution in [0, 0.1) is 5.41 Å². The van der Waals surface area contributed by atoms with Gasteiger partial charge in [0.1, 0.15) is 5.76 Å². The molecule has 0 saturated heterocycles. The zero-order valence-corrected chi connectivity index (χ0v) is 8.21. The van der Waals surface area contributed by atoms with E-state index in [4.69, 9.17) is 10.1 Å². The van der Waals surface area contributed by atoms with Crippen LogP contribution < -0.4 is 0 Å². The van der Waals surface area contributed by atoms with E-state index in [2.05, 4.69) is 13.0 Å². The molecule has 0 aliphatic carbocycles. The topological polar surface area (TPSA) is 33.1 Å². The summed E-state index contributed by atoms with van der Waals surface area (Å²) in [5.74, 6) is 1.11. The van der Waals surface area contributed by atoms with Gasteiger partial charge in [-0.2, -0.15) is 0 Å². The minimum absolute atomic E-state index is 0.267. The lowest BCUT2D eigenvalue weighted by Gasteiger charge is -1.97. The molecule has 0 bridgehead atoms. The van der Waals surface area contributed by atoms with E-state index in [1.165, 1.54) is 0 Å². The lowest BCUT2D eigenvalue weighted by atomic mass is 10.1. The van der Waals surface area contributed by atoms with Crippen LogP contribution in [0.1, 0.15) is 30.9 Å². The molecular formula is C12H13NO. The fraction of sp³-hybridized carbons (Fsp3) is 0.250. The summed E-state index contributed by atoms with van der Waals surface area (Å²) in [7, 11) is 0. The summed E-state index contributed by atoms with van der Waals surface area (Å²) in [6, 6.07) is 7.82. The third kappa shape index (κ3) is 1.43. The molecule has 72 valence electrons. The molecule has 1 N–H and O–H groups in total. The van der Waals surface area contributed by atoms with Crippen molar-refractivity contribution < 1.29 is 4.74 Å². The summed E-state index contributed by atoms with van der Waals surface area (Å²) < 4.78 is 5.38. The van der Waals surface area contributed by atoms with Crippen molar-refractivity contribution in [2.24, 2.45) is 0 Å². The van der Waals surface area contributed by atoms with Crippen LogP contribution in [0.4, 0.5) is 0 Å². The highest BCUT2D eigenvalue weighted by atomic mass is 16.5. The van der Waals surface area contributed by atoms with Crippen molar-refractivity contribution in [1.29, 1.82) is 5.41 Å². The van der Waals surface area contributed by atoms with Crippen molar-refractivity contribution >= 4 is 11.7 Å². The van der Waals surface area contributed by atoms with Crippen molar-refractivity contribution in [1.82, 2.24) is 0 Å². The molecule has 2 nitrogen and oxygen atoms in total. The van der Waals surface area contributed by atoms with E-state index in [1.807, 2.05) is 24.3 Å². The average Bonchev–Trinajstić information content (AvgIpc) is 2.54. The van der Waals surface area contributed by atoms with Crippen molar-refractivity contribution in [3.05, 3.63) is 41.5 Å². The summed E-state index contributed by atoms with van der Waals surface area (Å²) in [5.41, 5.74) is 1.95. The molecule has 2 rings (SSSR count). The van der Waals surface area contributed by atoms with Gasteiger partial charge in [-0.3, -0.25) is 5.41 Å².